The standard InChI is InChI=1S/C18H18F3NO2S/c1-11-7-8-15(25-11)16(22-9-3-6-14(22)17(23)24)12-4-2-5-13(10-12)18(19,20)21/h2,4-5,7-8,10,14,16H,3,6,9H2,1H3,(H,23,24). The van der Waals surface area contributed by atoms with Crippen LogP contribution in [0.25, 0.3) is 0 Å². The van der Waals surface area contributed by atoms with Crippen LogP contribution in [0.1, 0.15) is 39.8 Å². The highest BCUT2D eigenvalue weighted by molar-refractivity contribution is 7.12. The maximum Gasteiger partial charge on any atom is 0.416 e. The van der Waals surface area contributed by atoms with E-state index < -0.39 is 29.8 Å². The van der Waals surface area contributed by atoms with Gasteiger partial charge < -0.3 is 5.11 Å². The Morgan fingerprint density at radius 2 is 2.08 bits per heavy atom. The number of aliphatic carboxylic acids is 1. The molecule has 1 N–H and O–H groups in total. The molecule has 0 saturated carbocycles. The van der Waals surface area contributed by atoms with E-state index in [1.54, 1.807) is 6.07 Å². The summed E-state index contributed by atoms with van der Waals surface area (Å²) >= 11 is 1.49. The summed E-state index contributed by atoms with van der Waals surface area (Å²) < 4.78 is 39.3. The van der Waals surface area contributed by atoms with Crippen LogP contribution in [0.4, 0.5) is 13.2 Å². The molecule has 1 saturated heterocycles. The number of alkyl halides is 3. The van der Waals surface area contributed by atoms with Gasteiger partial charge in [0.2, 0.25) is 0 Å². The first-order valence-corrected chi connectivity index (χ1v) is 8.81. The first-order valence-electron chi connectivity index (χ1n) is 7.99. The average Bonchev–Trinajstić information content (AvgIpc) is 3.17. The molecule has 1 aromatic heterocycles. The van der Waals surface area contributed by atoms with E-state index in [-0.39, 0.29) is 0 Å². The number of benzene rings is 1. The van der Waals surface area contributed by atoms with Crippen molar-refractivity contribution in [3.63, 3.8) is 0 Å². The minimum Gasteiger partial charge on any atom is -0.480 e. The fourth-order valence-corrected chi connectivity index (χ4v) is 4.39. The molecule has 1 aliphatic heterocycles. The lowest BCUT2D eigenvalue weighted by molar-refractivity contribution is -0.143. The van der Waals surface area contributed by atoms with E-state index in [4.69, 9.17) is 0 Å². The van der Waals surface area contributed by atoms with Crippen molar-refractivity contribution in [2.75, 3.05) is 6.54 Å². The third-order valence-corrected chi connectivity index (χ3v) is 5.52. The van der Waals surface area contributed by atoms with Crippen molar-refractivity contribution in [2.45, 2.75) is 38.0 Å². The maximum atomic E-state index is 13.1. The van der Waals surface area contributed by atoms with Crippen LogP contribution in [-0.4, -0.2) is 28.6 Å². The van der Waals surface area contributed by atoms with Crippen molar-refractivity contribution in [1.82, 2.24) is 4.90 Å². The molecular formula is C18H18F3NO2S. The zero-order chi connectivity index (χ0) is 18.2. The fraction of sp³-hybridized carbons (Fsp3) is 0.389. The van der Waals surface area contributed by atoms with E-state index in [1.807, 2.05) is 24.0 Å². The summed E-state index contributed by atoms with van der Waals surface area (Å²) in [5, 5.41) is 9.50. The second-order valence-corrected chi connectivity index (χ2v) is 7.53. The van der Waals surface area contributed by atoms with Crippen LogP contribution in [0.5, 0.6) is 0 Å². The molecule has 0 radical (unpaired) electrons. The summed E-state index contributed by atoms with van der Waals surface area (Å²) in [6, 6.07) is 7.83. The van der Waals surface area contributed by atoms with Gasteiger partial charge in [-0.15, -0.1) is 11.3 Å². The van der Waals surface area contributed by atoms with Gasteiger partial charge in [0.05, 0.1) is 11.6 Å². The van der Waals surface area contributed by atoms with Gasteiger partial charge in [-0.05, 0) is 49.6 Å². The number of carbonyl (C=O) groups is 1. The van der Waals surface area contributed by atoms with Gasteiger partial charge in [0.1, 0.15) is 6.04 Å². The summed E-state index contributed by atoms with van der Waals surface area (Å²) in [5.74, 6) is -0.928. The molecule has 1 aromatic carbocycles. The molecule has 0 amide bonds. The molecule has 25 heavy (non-hydrogen) atoms. The largest absolute Gasteiger partial charge is 0.480 e. The number of halogens is 3. The van der Waals surface area contributed by atoms with Crippen molar-refractivity contribution in [3.8, 4) is 0 Å². The molecule has 0 bridgehead atoms. The number of carboxylic acid groups (broad SMARTS) is 1. The minimum absolute atomic E-state index is 0.477. The first-order chi connectivity index (χ1) is 11.8. The monoisotopic (exact) mass is 369 g/mol. The summed E-state index contributed by atoms with van der Waals surface area (Å²) in [5.41, 5.74) is -0.237. The molecule has 0 spiro atoms. The fourth-order valence-electron chi connectivity index (χ4n) is 3.37. The Morgan fingerprint density at radius 1 is 1.32 bits per heavy atom. The van der Waals surface area contributed by atoms with Crippen molar-refractivity contribution < 1.29 is 23.1 Å². The Balaban J connectivity index is 2.08. The van der Waals surface area contributed by atoms with Gasteiger partial charge in [0, 0.05) is 16.3 Å². The Bertz CT molecular complexity index is 772. The lowest BCUT2D eigenvalue weighted by Crippen LogP contribution is -2.39. The molecule has 3 rings (SSSR count). The second kappa shape index (κ2) is 6.80. The Labute approximate surface area is 147 Å². The van der Waals surface area contributed by atoms with Gasteiger partial charge in [0.25, 0.3) is 0 Å². The molecular weight excluding hydrogens is 351 g/mol. The molecule has 7 heteroatoms. The van der Waals surface area contributed by atoms with Crippen LogP contribution in [0.2, 0.25) is 0 Å². The topological polar surface area (TPSA) is 40.5 Å². The van der Waals surface area contributed by atoms with E-state index >= 15 is 0 Å². The third-order valence-electron chi connectivity index (χ3n) is 4.47. The molecule has 1 fully saturated rings. The number of hydrogen-bond acceptors (Lipinski definition) is 3. The predicted octanol–water partition coefficient (Wildman–Crippen LogP) is 4.71. The van der Waals surface area contributed by atoms with E-state index in [9.17, 15) is 23.1 Å². The predicted molar refractivity (Wildman–Crippen MR) is 89.7 cm³/mol. The molecule has 1 aliphatic rings. The lowest BCUT2D eigenvalue weighted by atomic mass is 10.00. The summed E-state index contributed by atoms with van der Waals surface area (Å²) in [6.45, 7) is 2.48. The highest BCUT2D eigenvalue weighted by atomic mass is 32.1. The highest BCUT2D eigenvalue weighted by Gasteiger charge is 2.38. The first kappa shape index (κ1) is 17.9. The Kier molecular flexibility index (Phi) is 4.88. The van der Waals surface area contributed by atoms with E-state index in [1.165, 1.54) is 17.4 Å². The molecule has 0 aliphatic carbocycles. The number of hydrogen-bond donors (Lipinski definition) is 1. The molecule has 3 nitrogen and oxygen atoms in total. The normalized spacial score (nSPS) is 19.9. The van der Waals surface area contributed by atoms with Gasteiger partial charge >= 0.3 is 12.1 Å². The van der Waals surface area contributed by atoms with E-state index in [2.05, 4.69) is 0 Å². The van der Waals surface area contributed by atoms with Crippen LogP contribution >= 0.6 is 11.3 Å². The van der Waals surface area contributed by atoms with E-state index in [0.717, 1.165) is 28.3 Å². The SMILES string of the molecule is Cc1ccc(C(c2cccc(C(F)(F)F)c2)N2CCCC2C(=O)O)s1. The molecule has 2 unspecified atom stereocenters. The zero-order valence-electron chi connectivity index (χ0n) is 13.6. The van der Waals surface area contributed by atoms with Crippen LogP contribution in [0, 0.1) is 6.92 Å². The maximum absolute atomic E-state index is 13.1. The molecule has 2 aromatic rings. The van der Waals surface area contributed by atoms with Crippen molar-refractivity contribution in [3.05, 3.63) is 57.3 Å². The number of aryl methyl sites for hydroxylation is 1. The molecule has 134 valence electrons. The van der Waals surface area contributed by atoms with Gasteiger partial charge in [0.15, 0.2) is 0 Å². The van der Waals surface area contributed by atoms with Crippen LogP contribution < -0.4 is 0 Å². The second-order valence-electron chi connectivity index (χ2n) is 6.21. The number of rotatable bonds is 4. The number of thiophene rings is 1. The Hall–Kier alpha value is -1.86. The van der Waals surface area contributed by atoms with Gasteiger partial charge in [-0.25, -0.2) is 0 Å². The zero-order valence-corrected chi connectivity index (χ0v) is 14.4. The van der Waals surface area contributed by atoms with E-state index in [0.29, 0.717) is 18.5 Å². The van der Waals surface area contributed by atoms with Crippen LogP contribution in [0.3, 0.4) is 0 Å². The van der Waals surface area contributed by atoms with Crippen molar-refractivity contribution >= 4 is 17.3 Å². The summed E-state index contributed by atoms with van der Waals surface area (Å²) in [7, 11) is 0. The van der Waals surface area contributed by atoms with Gasteiger partial charge in [-0.1, -0.05) is 12.1 Å². The summed E-state index contributed by atoms with van der Waals surface area (Å²) in [6.07, 6.45) is -3.20. The summed E-state index contributed by atoms with van der Waals surface area (Å²) in [4.78, 5) is 15.3. The van der Waals surface area contributed by atoms with Crippen molar-refractivity contribution in [1.29, 1.82) is 0 Å². The quantitative estimate of drug-likeness (QED) is 0.848. The van der Waals surface area contributed by atoms with Crippen LogP contribution in [-0.2, 0) is 11.0 Å². The van der Waals surface area contributed by atoms with Crippen LogP contribution in [0.15, 0.2) is 36.4 Å². The highest BCUT2D eigenvalue weighted by Crippen LogP contribution is 2.39. The third kappa shape index (κ3) is 3.72. The number of carboxylic acids is 1. The molecule has 2 atom stereocenters. The van der Waals surface area contributed by atoms with Gasteiger partial charge in [-0.2, -0.15) is 13.2 Å². The van der Waals surface area contributed by atoms with Gasteiger partial charge in [-0.3, -0.25) is 9.69 Å². The lowest BCUT2D eigenvalue weighted by Gasteiger charge is -2.31. The van der Waals surface area contributed by atoms with Crippen molar-refractivity contribution in [2.24, 2.45) is 0 Å². The number of nitrogens with zero attached hydrogens (tertiary/aromatic N) is 1. The Morgan fingerprint density at radius 3 is 2.68 bits per heavy atom. The average molecular weight is 369 g/mol. The smallest absolute Gasteiger partial charge is 0.416 e. The molecule has 2 heterocycles. The number of likely N-dealkylation sites (tertiary alicyclic amines) is 1. The minimum atomic E-state index is -4.43.